The number of rotatable bonds is 4. The number of aryl methyl sites for hydroxylation is 1. The molecule has 0 bridgehead atoms. The standard InChI is InChI=1S/C15H17N3O2/c1-3-11-4-6-12(7-5-11)17-14-9-8-13(10-16-14)18-15(19)20-2/h4-10H,3H2,1-2H3,(H,16,17)(H,18,19). The number of methoxy groups -OCH3 is 1. The second-order valence-electron chi connectivity index (χ2n) is 4.22. The van der Waals surface area contributed by atoms with Crippen LogP contribution in [0.2, 0.25) is 0 Å². The van der Waals surface area contributed by atoms with Crippen LogP contribution in [0.3, 0.4) is 0 Å². The van der Waals surface area contributed by atoms with E-state index in [0.717, 1.165) is 12.1 Å². The third-order valence-corrected chi connectivity index (χ3v) is 2.83. The summed E-state index contributed by atoms with van der Waals surface area (Å²) in [6, 6.07) is 11.7. The predicted molar refractivity (Wildman–Crippen MR) is 79.4 cm³/mol. The van der Waals surface area contributed by atoms with Crippen molar-refractivity contribution in [1.82, 2.24) is 4.98 Å². The number of hydrogen-bond acceptors (Lipinski definition) is 4. The van der Waals surface area contributed by atoms with Crippen LogP contribution in [-0.2, 0) is 11.2 Å². The quantitative estimate of drug-likeness (QED) is 0.892. The highest BCUT2D eigenvalue weighted by molar-refractivity contribution is 5.84. The van der Waals surface area contributed by atoms with Gasteiger partial charge in [-0.25, -0.2) is 9.78 Å². The molecule has 2 N–H and O–H groups in total. The van der Waals surface area contributed by atoms with E-state index >= 15 is 0 Å². The first-order chi connectivity index (χ1) is 9.71. The van der Waals surface area contributed by atoms with Gasteiger partial charge in [0.05, 0.1) is 19.0 Å². The van der Waals surface area contributed by atoms with Gasteiger partial charge in [0.25, 0.3) is 0 Å². The molecule has 1 amide bonds. The van der Waals surface area contributed by atoms with Crippen molar-refractivity contribution in [2.75, 3.05) is 17.7 Å². The minimum atomic E-state index is -0.511. The maximum Gasteiger partial charge on any atom is 0.411 e. The zero-order chi connectivity index (χ0) is 14.4. The van der Waals surface area contributed by atoms with Crippen LogP contribution in [0.25, 0.3) is 0 Å². The first kappa shape index (κ1) is 13.9. The number of nitrogens with one attached hydrogen (secondary N) is 2. The predicted octanol–water partition coefficient (Wildman–Crippen LogP) is 3.57. The third-order valence-electron chi connectivity index (χ3n) is 2.83. The zero-order valence-electron chi connectivity index (χ0n) is 11.5. The summed E-state index contributed by atoms with van der Waals surface area (Å²) in [4.78, 5) is 15.3. The normalized spacial score (nSPS) is 9.90. The topological polar surface area (TPSA) is 63.2 Å². The fourth-order valence-electron chi connectivity index (χ4n) is 1.68. The molecule has 0 fully saturated rings. The summed E-state index contributed by atoms with van der Waals surface area (Å²) in [5, 5.41) is 5.74. The van der Waals surface area contributed by atoms with Crippen molar-refractivity contribution in [2.45, 2.75) is 13.3 Å². The van der Waals surface area contributed by atoms with Gasteiger partial charge in [-0.1, -0.05) is 19.1 Å². The lowest BCUT2D eigenvalue weighted by Crippen LogP contribution is -2.11. The van der Waals surface area contributed by atoms with E-state index in [-0.39, 0.29) is 0 Å². The van der Waals surface area contributed by atoms with E-state index in [2.05, 4.69) is 39.4 Å². The number of hydrogen-bond donors (Lipinski definition) is 2. The van der Waals surface area contributed by atoms with Gasteiger partial charge in [0.2, 0.25) is 0 Å². The fourth-order valence-corrected chi connectivity index (χ4v) is 1.68. The monoisotopic (exact) mass is 271 g/mol. The molecule has 0 aliphatic heterocycles. The average molecular weight is 271 g/mol. The van der Waals surface area contributed by atoms with Crippen molar-refractivity contribution in [2.24, 2.45) is 0 Å². The lowest BCUT2D eigenvalue weighted by molar-refractivity contribution is 0.187. The van der Waals surface area contributed by atoms with Crippen molar-refractivity contribution >= 4 is 23.3 Å². The summed E-state index contributed by atoms with van der Waals surface area (Å²) in [6.45, 7) is 2.12. The zero-order valence-corrected chi connectivity index (χ0v) is 11.5. The number of pyridine rings is 1. The number of amides is 1. The first-order valence-electron chi connectivity index (χ1n) is 6.38. The number of benzene rings is 1. The highest BCUT2D eigenvalue weighted by atomic mass is 16.5. The summed E-state index contributed by atoms with van der Waals surface area (Å²) in [6.07, 6.45) is 2.08. The van der Waals surface area contributed by atoms with E-state index in [1.165, 1.54) is 12.7 Å². The Bertz CT molecular complexity index is 565. The Morgan fingerprint density at radius 1 is 1.15 bits per heavy atom. The van der Waals surface area contributed by atoms with Gasteiger partial charge in [-0.05, 0) is 36.2 Å². The molecule has 0 atom stereocenters. The Kier molecular flexibility index (Phi) is 4.55. The largest absolute Gasteiger partial charge is 0.453 e. The van der Waals surface area contributed by atoms with Crippen molar-refractivity contribution in [3.63, 3.8) is 0 Å². The minimum absolute atomic E-state index is 0.511. The van der Waals surface area contributed by atoms with Crippen LogP contribution in [0, 0.1) is 0 Å². The second kappa shape index (κ2) is 6.56. The molecule has 20 heavy (non-hydrogen) atoms. The Labute approximate surface area is 118 Å². The number of nitrogens with zero attached hydrogens (tertiary/aromatic N) is 1. The second-order valence-corrected chi connectivity index (χ2v) is 4.22. The Morgan fingerprint density at radius 2 is 1.85 bits per heavy atom. The molecule has 104 valence electrons. The van der Waals surface area contributed by atoms with Gasteiger partial charge in [-0.3, -0.25) is 5.32 Å². The minimum Gasteiger partial charge on any atom is -0.453 e. The number of anilines is 3. The molecule has 0 saturated heterocycles. The molecule has 0 spiro atoms. The van der Waals surface area contributed by atoms with E-state index in [9.17, 15) is 4.79 Å². The molecule has 0 unspecified atom stereocenters. The van der Waals surface area contributed by atoms with Gasteiger partial charge in [0.15, 0.2) is 0 Å². The molecule has 1 aromatic heterocycles. The molecule has 0 aliphatic rings. The summed E-state index contributed by atoms with van der Waals surface area (Å²) in [7, 11) is 1.32. The van der Waals surface area contributed by atoms with Crippen molar-refractivity contribution in [3.8, 4) is 0 Å². The summed E-state index contributed by atoms with van der Waals surface area (Å²) >= 11 is 0. The van der Waals surface area contributed by atoms with Crippen LogP contribution in [0.1, 0.15) is 12.5 Å². The van der Waals surface area contributed by atoms with Gasteiger partial charge < -0.3 is 10.1 Å². The van der Waals surface area contributed by atoms with Crippen molar-refractivity contribution in [1.29, 1.82) is 0 Å². The molecule has 0 radical (unpaired) electrons. The molecule has 1 aromatic carbocycles. The van der Waals surface area contributed by atoms with E-state index < -0.39 is 6.09 Å². The number of carbonyl (C=O) groups excluding carboxylic acids is 1. The van der Waals surface area contributed by atoms with Crippen LogP contribution in [0.4, 0.5) is 22.0 Å². The molecule has 1 heterocycles. The van der Waals surface area contributed by atoms with Crippen molar-refractivity contribution < 1.29 is 9.53 Å². The van der Waals surface area contributed by atoms with Gasteiger partial charge in [-0.2, -0.15) is 0 Å². The molecule has 5 heteroatoms. The van der Waals surface area contributed by atoms with Crippen LogP contribution < -0.4 is 10.6 Å². The maximum absolute atomic E-state index is 11.0. The van der Waals surface area contributed by atoms with E-state index in [1.54, 1.807) is 18.3 Å². The van der Waals surface area contributed by atoms with Gasteiger partial charge in [0.1, 0.15) is 5.82 Å². The van der Waals surface area contributed by atoms with Crippen molar-refractivity contribution in [3.05, 3.63) is 48.2 Å². The van der Waals surface area contributed by atoms with Crippen LogP contribution >= 0.6 is 0 Å². The first-order valence-corrected chi connectivity index (χ1v) is 6.38. The van der Waals surface area contributed by atoms with E-state index in [0.29, 0.717) is 11.5 Å². The molecule has 0 saturated carbocycles. The van der Waals surface area contributed by atoms with Crippen LogP contribution in [-0.4, -0.2) is 18.2 Å². The number of aromatic nitrogens is 1. The molecular weight excluding hydrogens is 254 g/mol. The van der Waals surface area contributed by atoms with Crippen LogP contribution in [0.5, 0.6) is 0 Å². The molecular formula is C15H17N3O2. The average Bonchev–Trinajstić information content (AvgIpc) is 2.50. The Morgan fingerprint density at radius 3 is 2.40 bits per heavy atom. The number of ether oxygens (including phenoxy) is 1. The highest BCUT2D eigenvalue weighted by Crippen LogP contribution is 2.17. The summed E-state index contributed by atoms with van der Waals surface area (Å²) in [5.41, 5.74) is 2.85. The van der Waals surface area contributed by atoms with Gasteiger partial charge in [-0.15, -0.1) is 0 Å². The Hall–Kier alpha value is -2.56. The fraction of sp³-hybridized carbons (Fsp3) is 0.200. The van der Waals surface area contributed by atoms with Gasteiger partial charge >= 0.3 is 6.09 Å². The molecule has 2 rings (SSSR count). The van der Waals surface area contributed by atoms with Gasteiger partial charge in [0, 0.05) is 5.69 Å². The smallest absolute Gasteiger partial charge is 0.411 e. The maximum atomic E-state index is 11.0. The van der Waals surface area contributed by atoms with Crippen LogP contribution in [0.15, 0.2) is 42.6 Å². The lowest BCUT2D eigenvalue weighted by Gasteiger charge is -2.07. The molecule has 0 aliphatic carbocycles. The third kappa shape index (κ3) is 3.71. The molecule has 5 nitrogen and oxygen atoms in total. The summed E-state index contributed by atoms with van der Waals surface area (Å²) < 4.78 is 4.51. The lowest BCUT2D eigenvalue weighted by atomic mass is 10.1. The Balaban J connectivity index is 2.00. The highest BCUT2D eigenvalue weighted by Gasteiger charge is 2.01. The summed E-state index contributed by atoms with van der Waals surface area (Å²) in [5.74, 6) is 0.713. The van der Waals surface area contributed by atoms with E-state index in [1.807, 2.05) is 12.1 Å². The SMILES string of the molecule is CCc1ccc(Nc2ccc(NC(=O)OC)cn2)cc1. The van der Waals surface area contributed by atoms with E-state index in [4.69, 9.17) is 0 Å². The molecule has 2 aromatic rings. The number of carbonyl (C=O) groups is 1.